The molecule has 0 spiro atoms. The van der Waals surface area contributed by atoms with E-state index in [-0.39, 0.29) is 0 Å². The topological polar surface area (TPSA) is 131 Å². The standard InChI is InChI=1S/C23H22N8O/c24-21(32)14-1-3-16(4-2-14)28-20-11-15(5-10-27-20)22-30-19-13-26-9-7-18(19)23(31-22)29-17-6-8-25-12-17/h1-5,7,9-11,13,17,25H,6,8,12H2,(H2,24,32)(H,27,28)(H,29,30,31). The molecule has 160 valence electrons. The molecule has 9 heteroatoms. The number of pyridine rings is 2. The van der Waals surface area contributed by atoms with Gasteiger partial charge in [-0.3, -0.25) is 9.78 Å². The molecule has 0 aliphatic carbocycles. The van der Waals surface area contributed by atoms with Crippen LogP contribution in [-0.2, 0) is 0 Å². The van der Waals surface area contributed by atoms with Crippen LogP contribution in [0.4, 0.5) is 17.3 Å². The summed E-state index contributed by atoms with van der Waals surface area (Å²) in [6.07, 6.45) is 6.25. The molecule has 1 aliphatic rings. The van der Waals surface area contributed by atoms with Gasteiger partial charge in [-0.15, -0.1) is 0 Å². The van der Waals surface area contributed by atoms with Gasteiger partial charge in [0.05, 0.1) is 11.7 Å². The van der Waals surface area contributed by atoms with E-state index >= 15 is 0 Å². The second kappa shape index (κ2) is 8.56. The van der Waals surface area contributed by atoms with E-state index in [1.165, 1.54) is 0 Å². The molecular formula is C23H22N8O. The van der Waals surface area contributed by atoms with Crippen LogP contribution in [0.1, 0.15) is 16.8 Å². The monoisotopic (exact) mass is 426 g/mol. The Kier molecular flexibility index (Phi) is 5.30. The van der Waals surface area contributed by atoms with Gasteiger partial charge in [0, 0.05) is 47.2 Å². The maximum atomic E-state index is 11.3. The van der Waals surface area contributed by atoms with Gasteiger partial charge >= 0.3 is 0 Å². The minimum atomic E-state index is -0.461. The molecule has 0 bridgehead atoms. The molecule has 1 unspecified atom stereocenters. The largest absolute Gasteiger partial charge is 0.366 e. The van der Waals surface area contributed by atoms with Crippen LogP contribution in [0, 0.1) is 0 Å². The first-order valence-corrected chi connectivity index (χ1v) is 10.4. The van der Waals surface area contributed by atoms with Gasteiger partial charge < -0.3 is 21.7 Å². The average molecular weight is 426 g/mol. The molecule has 1 aromatic carbocycles. The number of aromatic nitrogens is 4. The molecule has 1 aliphatic heterocycles. The van der Waals surface area contributed by atoms with Gasteiger partial charge in [-0.2, -0.15) is 0 Å². The number of rotatable bonds is 6. The van der Waals surface area contributed by atoms with Gasteiger partial charge in [-0.25, -0.2) is 15.0 Å². The fraction of sp³-hybridized carbons (Fsp3) is 0.174. The van der Waals surface area contributed by atoms with Crippen molar-refractivity contribution < 1.29 is 4.79 Å². The van der Waals surface area contributed by atoms with Gasteiger partial charge in [0.15, 0.2) is 5.82 Å². The normalized spacial score (nSPS) is 15.6. The summed E-state index contributed by atoms with van der Waals surface area (Å²) in [7, 11) is 0. The summed E-state index contributed by atoms with van der Waals surface area (Å²) in [5.74, 6) is 1.57. The summed E-state index contributed by atoms with van der Waals surface area (Å²) in [6, 6.07) is 12.9. The number of nitrogens with one attached hydrogen (secondary N) is 3. The molecule has 1 saturated heterocycles. The van der Waals surface area contributed by atoms with Crippen molar-refractivity contribution in [3.8, 4) is 11.4 Å². The summed E-state index contributed by atoms with van der Waals surface area (Å²) < 4.78 is 0. The van der Waals surface area contributed by atoms with Crippen LogP contribution in [0.15, 0.2) is 61.1 Å². The van der Waals surface area contributed by atoms with E-state index in [1.807, 2.05) is 18.2 Å². The van der Waals surface area contributed by atoms with Gasteiger partial charge in [-0.05, 0) is 55.4 Å². The lowest BCUT2D eigenvalue weighted by Crippen LogP contribution is -2.23. The highest BCUT2D eigenvalue weighted by atomic mass is 16.1. The highest BCUT2D eigenvalue weighted by Gasteiger charge is 2.17. The van der Waals surface area contributed by atoms with Crippen molar-refractivity contribution in [3.05, 3.63) is 66.6 Å². The Hall–Kier alpha value is -4.11. The first kappa shape index (κ1) is 19.8. The molecule has 3 aromatic heterocycles. The molecule has 9 nitrogen and oxygen atoms in total. The van der Waals surface area contributed by atoms with Gasteiger partial charge in [-0.1, -0.05) is 0 Å². The quantitative estimate of drug-likeness (QED) is 0.370. The zero-order chi connectivity index (χ0) is 21.9. The van der Waals surface area contributed by atoms with Crippen LogP contribution in [-0.4, -0.2) is 45.0 Å². The summed E-state index contributed by atoms with van der Waals surface area (Å²) in [5.41, 5.74) is 8.15. The van der Waals surface area contributed by atoms with E-state index < -0.39 is 5.91 Å². The van der Waals surface area contributed by atoms with Gasteiger partial charge in [0.2, 0.25) is 5.91 Å². The van der Waals surface area contributed by atoms with E-state index in [0.717, 1.165) is 47.5 Å². The number of fused-ring (bicyclic) bond motifs is 1. The van der Waals surface area contributed by atoms with Crippen LogP contribution in [0.25, 0.3) is 22.3 Å². The molecule has 32 heavy (non-hydrogen) atoms. The van der Waals surface area contributed by atoms with Gasteiger partial charge in [0.1, 0.15) is 11.6 Å². The predicted molar refractivity (Wildman–Crippen MR) is 124 cm³/mol. The summed E-state index contributed by atoms with van der Waals surface area (Å²) in [6.45, 7) is 1.90. The number of benzene rings is 1. The van der Waals surface area contributed by atoms with E-state index in [2.05, 4.69) is 25.9 Å². The smallest absolute Gasteiger partial charge is 0.248 e. The zero-order valence-corrected chi connectivity index (χ0v) is 17.2. The number of nitrogens with zero attached hydrogens (tertiary/aromatic N) is 4. The molecule has 0 radical (unpaired) electrons. The second-order valence-corrected chi connectivity index (χ2v) is 7.62. The fourth-order valence-corrected chi connectivity index (χ4v) is 3.69. The average Bonchev–Trinajstić information content (AvgIpc) is 3.33. The Labute approximate surface area is 184 Å². The lowest BCUT2D eigenvalue weighted by Gasteiger charge is -2.15. The second-order valence-electron chi connectivity index (χ2n) is 7.62. The first-order valence-electron chi connectivity index (χ1n) is 10.4. The third-order valence-corrected chi connectivity index (χ3v) is 5.36. The highest BCUT2D eigenvalue weighted by Crippen LogP contribution is 2.27. The molecule has 1 atom stereocenters. The molecule has 0 saturated carbocycles. The lowest BCUT2D eigenvalue weighted by molar-refractivity contribution is 0.100. The van der Waals surface area contributed by atoms with Crippen molar-refractivity contribution >= 4 is 34.1 Å². The van der Waals surface area contributed by atoms with E-state index in [9.17, 15) is 4.79 Å². The lowest BCUT2D eigenvalue weighted by atomic mass is 10.2. The van der Waals surface area contributed by atoms with Crippen molar-refractivity contribution in [3.63, 3.8) is 0 Å². The number of nitrogens with two attached hydrogens (primary N) is 1. The molecular weight excluding hydrogens is 404 g/mol. The predicted octanol–water partition coefficient (Wildman–Crippen LogP) is 2.70. The van der Waals surface area contributed by atoms with Crippen molar-refractivity contribution in [1.29, 1.82) is 0 Å². The molecule has 1 fully saturated rings. The van der Waals surface area contributed by atoms with E-state index in [0.29, 0.717) is 23.2 Å². The Morgan fingerprint density at radius 3 is 2.75 bits per heavy atom. The third kappa shape index (κ3) is 4.19. The molecule has 5 N–H and O–H groups in total. The van der Waals surface area contributed by atoms with E-state index in [4.69, 9.17) is 15.7 Å². The van der Waals surface area contributed by atoms with Crippen LogP contribution in [0.5, 0.6) is 0 Å². The Morgan fingerprint density at radius 2 is 1.97 bits per heavy atom. The third-order valence-electron chi connectivity index (χ3n) is 5.36. The minimum Gasteiger partial charge on any atom is -0.366 e. The Morgan fingerprint density at radius 1 is 1.09 bits per heavy atom. The molecule has 5 rings (SSSR count). The summed E-state index contributed by atoms with van der Waals surface area (Å²) in [4.78, 5) is 29.4. The van der Waals surface area contributed by atoms with Crippen molar-refractivity contribution in [2.45, 2.75) is 12.5 Å². The number of carbonyl (C=O) groups is 1. The van der Waals surface area contributed by atoms with Crippen LogP contribution in [0.3, 0.4) is 0 Å². The van der Waals surface area contributed by atoms with Crippen LogP contribution in [0.2, 0.25) is 0 Å². The SMILES string of the molecule is NC(=O)c1ccc(Nc2cc(-c3nc(NC4CCNC4)c4ccncc4n3)ccn2)cc1. The van der Waals surface area contributed by atoms with E-state index in [1.54, 1.807) is 42.9 Å². The number of carbonyl (C=O) groups excluding carboxylic acids is 1. The Bertz CT molecular complexity index is 1270. The van der Waals surface area contributed by atoms with Crippen molar-refractivity contribution in [1.82, 2.24) is 25.3 Å². The Balaban J connectivity index is 1.46. The molecule has 1 amide bonds. The number of primary amides is 1. The number of anilines is 3. The maximum absolute atomic E-state index is 11.3. The maximum Gasteiger partial charge on any atom is 0.248 e. The molecule has 4 aromatic rings. The fourth-order valence-electron chi connectivity index (χ4n) is 3.69. The number of amides is 1. The van der Waals surface area contributed by atoms with Gasteiger partial charge in [0.25, 0.3) is 0 Å². The number of hydrogen-bond acceptors (Lipinski definition) is 8. The summed E-state index contributed by atoms with van der Waals surface area (Å²) >= 11 is 0. The summed E-state index contributed by atoms with van der Waals surface area (Å²) in [5, 5.41) is 11.1. The first-order chi connectivity index (χ1) is 15.7. The van der Waals surface area contributed by atoms with Crippen LogP contribution >= 0.6 is 0 Å². The molecule has 4 heterocycles. The minimum absolute atomic E-state index is 0.326. The number of hydrogen-bond donors (Lipinski definition) is 4. The highest BCUT2D eigenvalue weighted by molar-refractivity contribution is 5.93. The van der Waals surface area contributed by atoms with Crippen LogP contribution < -0.4 is 21.7 Å². The van der Waals surface area contributed by atoms with Crippen molar-refractivity contribution in [2.24, 2.45) is 5.73 Å². The zero-order valence-electron chi connectivity index (χ0n) is 17.2. The van der Waals surface area contributed by atoms with Crippen molar-refractivity contribution in [2.75, 3.05) is 23.7 Å².